The number of esters is 2. The van der Waals surface area contributed by atoms with E-state index in [1.165, 1.54) is 250 Å². The highest BCUT2D eigenvalue weighted by Gasteiger charge is 2.22. The van der Waals surface area contributed by atoms with Gasteiger partial charge >= 0.3 is 11.9 Å². The minimum atomic E-state index is -4.63. The van der Waals surface area contributed by atoms with Crippen LogP contribution in [0.25, 0.3) is 0 Å². The van der Waals surface area contributed by atoms with Crippen LogP contribution in [0.3, 0.4) is 0 Å². The topological polar surface area (TPSA) is 111 Å². The number of likely N-dealkylation sites (N-methyl/N-ethyl adjacent to an activating group) is 1. The molecule has 0 aliphatic carbocycles. The van der Waals surface area contributed by atoms with Crippen LogP contribution < -0.4 is 4.89 Å². The minimum Gasteiger partial charge on any atom is -0.756 e. The number of quaternary nitrogens is 1. The van der Waals surface area contributed by atoms with Gasteiger partial charge in [-0.3, -0.25) is 14.2 Å². The van der Waals surface area contributed by atoms with E-state index in [1.54, 1.807) is 0 Å². The average Bonchev–Trinajstić information content (AvgIpc) is 3.37. The highest BCUT2D eigenvalue weighted by atomic mass is 31.2. The predicted molar refractivity (Wildman–Crippen MR) is 319 cm³/mol. The monoisotopic (exact) mass is 1080 g/mol. The van der Waals surface area contributed by atoms with E-state index in [1.807, 2.05) is 21.1 Å². The Morgan fingerprint density at radius 2 is 0.707 bits per heavy atom. The van der Waals surface area contributed by atoms with Crippen molar-refractivity contribution in [3.8, 4) is 0 Å². The molecule has 0 aromatic rings. The Bertz CT molecular complexity index is 1270. The van der Waals surface area contributed by atoms with Crippen LogP contribution in [0.2, 0.25) is 0 Å². The quantitative estimate of drug-likeness (QED) is 0.0195. The molecule has 0 aliphatic rings. The lowest BCUT2D eigenvalue weighted by molar-refractivity contribution is -0.870. The molecule has 0 aliphatic heterocycles. The van der Waals surface area contributed by atoms with Crippen LogP contribution in [0.4, 0.5) is 0 Å². The van der Waals surface area contributed by atoms with E-state index in [2.05, 4.69) is 26.0 Å². The molecule has 0 rings (SSSR count). The van der Waals surface area contributed by atoms with Gasteiger partial charge in [0.15, 0.2) is 6.10 Å². The predicted octanol–water partition coefficient (Wildman–Crippen LogP) is 20.1. The van der Waals surface area contributed by atoms with Gasteiger partial charge in [0.25, 0.3) is 7.82 Å². The van der Waals surface area contributed by atoms with E-state index in [9.17, 15) is 19.0 Å². The molecule has 0 heterocycles. The normalized spacial score (nSPS) is 13.2. The van der Waals surface area contributed by atoms with Crippen LogP contribution in [0.15, 0.2) is 12.2 Å². The molecule has 0 aromatic heterocycles. The smallest absolute Gasteiger partial charge is 0.306 e. The molecule has 9 nitrogen and oxygen atoms in total. The molecule has 0 fully saturated rings. The van der Waals surface area contributed by atoms with Gasteiger partial charge in [-0.15, -0.1) is 0 Å². The first-order valence-corrected chi connectivity index (χ1v) is 34.4. The number of phosphoric ester groups is 1. The Hall–Kier alpha value is -1.25. The van der Waals surface area contributed by atoms with Gasteiger partial charge in [0.05, 0.1) is 27.7 Å². The van der Waals surface area contributed by atoms with Gasteiger partial charge in [-0.05, 0) is 32.1 Å². The van der Waals surface area contributed by atoms with E-state index >= 15 is 0 Å². The van der Waals surface area contributed by atoms with Crippen LogP contribution in [-0.4, -0.2) is 70.0 Å². The standard InChI is InChI=1S/C65H128NO8P/c1-6-8-10-12-14-16-18-19-20-21-22-23-24-25-26-27-28-29-30-31-32-33-34-35-36-37-38-39-40-41-42-43-44-45-46-47-48-50-51-53-55-57-64(67)71-61-63(62-73-75(69,70)72-60-59-66(3,4)5)74-65(68)58-56-54-52-49-17-15-13-11-9-7-2/h11,13,63H,6-10,12,14-62H2,1-5H3/b13-11-. The van der Waals surface area contributed by atoms with Gasteiger partial charge < -0.3 is 27.9 Å². The number of carbonyl (C=O) groups excluding carboxylic acids is 2. The zero-order valence-corrected chi connectivity index (χ0v) is 51.7. The molecule has 0 spiro atoms. The Labute approximate surface area is 466 Å². The molecular formula is C65H128NO8P. The van der Waals surface area contributed by atoms with Crippen LogP contribution in [0.1, 0.15) is 341 Å². The van der Waals surface area contributed by atoms with Crippen molar-refractivity contribution in [3.63, 3.8) is 0 Å². The van der Waals surface area contributed by atoms with Gasteiger partial charge in [-0.2, -0.15) is 0 Å². The van der Waals surface area contributed by atoms with Crippen molar-refractivity contribution in [1.82, 2.24) is 0 Å². The number of phosphoric acid groups is 1. The second kappa shape index (κ2) is 57.4. The Morgan fingerprint density at radius 1 is 0.400 bits per heavy atom. The summed E-state index contributed by atoms with van der Waals surface area (Å²) in [5.41, 5.74) is 0. The number of carbonyl (C=O) groups is 2. The third-order valence-electron chi connectivity index (χ3n) is 15.0. The fourth-order valence-electron chi connectivity index (χ4n) is 9.96. The largest absolute Gasteiger partial charge is 0.756 e. The van der Waals surface area contributed by atoms with E-state index in [0.29, 0.717) is 17.4 Å². The van der Waals surface area contributed by atoms with E-state index in [0.717, 1.165) is 57.8 Å². The first-order chi connectivity index (χ1) is 36.5. The number of hydrogen-bond acceptors (Lipinski definition) is 8. The number of unbranched alkanes of at least 4 members (excludes halogenated alkanes) is 46. The summed E-state index contributed by atoms with van der Waals surface area (Å²) in [5, 5.41) is 0. The van der Waals surface area contributed by atoms with Crippen molar-refractivity contribution in [2.45, 2.75) is 347 Å². The lowest BCUT2D eigenvalue weighted by atomic mass is 10.0. The SMILES string of the molecule is CCC/C=C\CCCCCCCC(=O)OC(COC(=O)CCCCCCCCCCCCCCCCCCCCCCCCCCCCCCCCCCCCCCCCCCC)COP(=O)([O-])OCC[N+](C)(C)C. The summed E-state index contributed by atoms with van der Waals surface area (Å²) in [7, 11) is 1.18. The Morgan fingerprint density at radius 3 is 1.04 bits per heavy atom. The number of hydrogen-bond donors (Lipinski definition) is 0. The summed E-state index contributed by atoms with van der Waals surface area (Å²) < 4.78 is 34.0. The molecule has 0 N–H and O–H groups in total. The third kappa shape index (κ3) is 61.8. The van der Waals surface area contributed by atoms with Crippen molar-refractivity contribution in [2.24, 2.45) is 0 Å². The van der Waals surface area contributed by atoms with Gasteiger partial charge in [-0.1, -0.05) is 309 Å². The van der Waals surface area contributed by atoms with Gasteiger partial charge in [0, 0.05) is 12.8 Å². The number of nitrogens with zero attached hydrogens (tertiary/aromatic N) is 1. The first kappa shape index (κ1) is 73.8. The van der Waals surface area contributed by atoms with Crippen molar-refractivity contribution in [3.05, 3.63) is 12.2 Å². The van der Waals surface area contributed by atoms with Crippen molar-refractivity contribution in [1.29, 1.82) is 0 Å². The lowest BCUT2D eigenvalue weighted by Crippen LogP contribution is -2.37. The summed E-state index contributed by atoms with van der Waals surface area (Å²) in [6.45, 7) is 4.21. The Kier molecular flexibility index (Phi) is 56.5. The lowest BCUT2D eigenvalue weighted by Gasteiger charge is -2.28. The van der Waals surface area contributed by atoms with Crippen molar-refractivity contribution >= 4 is 19.8 Å². The summed E-state index contributed by atoms with van der Waals surface area (Å²) in [6.07, 6.45) is 69.2. The molecule has 0 amide bonds. The molecule has 0 radical (unpaired) electrons. The first-order valence-electron chi connectivity index (χ1n) is 32.9. The maximum absolute atomic E-state index is 12.7. The van der Waals surface area contributed by atoms with E-state index in [-0.39, 0.29) is 32.0 Å². The summed E-state index contributed by atoms with van der Waals surface area (Å²) in [4.78, 5) is 37.7. The molecule has 0 saturated heterocycles. The highest BCUT2D eigenvalue weighted by molar-refractivity contribution is 7.45. The number of allylic oxidation sites excluding steroid dienone is 2. The summed E-state index contributed by atoms with van der Waals surface area (Å²) in [6, 6.07) is 0. The van der Waals surface area contributed by atoms with Gasteiger partial charge in [-0.25, -0.2) is 0 Å². The van der Waals surface area contributed by atoms with Gasteiger partial charge in [0.2, 0.25) is 0 Å². The van der Waals surface area contributed by atoms with Crippen molar-refractivity contribution < 1.29 is 42.1 Å². The second-order valence-electron chi connectivity index (χ2n) is 23.8. The number of ether oxygens (including phenoxy) is 2. The number of rotatable bonds is 62. The molecule has 2 atom stereocenters. The molecule has 446 valence electrons. The van der Waals surface area contributed by atoms with E-state index in [4.69, 9.17) is 18.5 Å². The maximum Gasteiger partial charge on any atom is 0.306 e. The highest BCUT2D eigenvalue weighted by Crippen LogP contribution is 2.38. The second-order valence-corrected chi connectivity index (χ2v) is 25.3. The summed E-state index contributed by atoms with van der Waals surface area (Å²) >= 11 is 0. The average molecular weight is 1080 g/mol. The van der Waals surface area contributed by atoms with Crippen molar-refractivity contribution in [2.75, 3.05) is 47.5 Å². The zero-order chi connectivity index (χ0) is 54.9. The van der Waals surface area contributed by atoms with Crippen LogP contribution >= 0.6 is 7.82 Å². The van der Waals surface area contributed by atoms with E-state index < -0.39 is 26.5 Å². The molecule has 0 saturated carbocycles. The fourth-order valence-corrected chi connectivity index (χ4v) is 10.7. The Balaban J connectivity index is 3.71. The van der Waals surface area contributed by atoms with Gasteiger partial charge in [0.1, 0.15) is 19.8 Å². The molecule has 0 bridgehead atoms. The molecule has 0 aromatic carbocycles. The maximum atomic E-state index is 12.7. The summed E-state index contributed by atoms with van der Waals surface area (Å²) in [5.74, 6) is -0.831. The molecular weight excluding hydrogens is 954 g/mol. The zero-order valence-electron chi connectivity index (χ0n) is 50.8. The minimum absolute atomic E-state index is 0.0292. The van der Waals surface area contributed by atoms with Crippen LogP contribution in [-0.2, 0) is 32.7 Å². The molecule has 10 heteroatoms. The fraction of sp³-hybridized carbons (Fsp3) is 0.938. The third-order valence-corrected chi connectivity index (χ3v) is 16.0. The van der Waals surface area contributed by atoms with Crippen LogP contribution in [0.5, 0.6) is 0 Å². The van der Waals surface area contributed by atoms with Crippen LogP contribution in [0, 0.1) is 0 Å². The molecule has 2 unspecified atom stereocenters. The molecule has 75 heavy (non-hydrogen) atoms.